The van der Waals surface area contributed by atoms with Crippen LogP contribution >= 0.6 is 11.8 Å². The lowest BCUT2D eigenvalue weighted by atomic mass is 9.80. The molecule has 1 aromatic heterocycles. The Hall–Kier alpha value is -1.01. The Balaban J connectivity index is 1.66. The van der Waals surface area contributed by atoms with Gasteiger partial charge in [-0.3, -0.25) is 4.79 Å². The second-order valence-corrected chi connectivity index (χ2v) is 6.14. The molecule has 0 saturated heterocycles. The van der Waals surface area contributed by atoms with E-state index < -0.39 is 5.60 Å². The summed E-state index contributed by atoms with van der Waals surface area (Å²) in [6, 6.07) is 0. The lowest BCUT2D eigenvalue weighted by Crippen LogP contribution is -2.48. The summed E-state index contributed by atoms with van der Waals surface area (Å²) in [5, 5.41) is 16.5. The molecule has 2 N–H and O–H groups in total. The van der Waals surface area contributed by atoms with Crippen LogP contribution in [0.5, 0.6) is 0 Å². The highest BCUT2D eigenvalue weighted by Crippen LogP contribution is 2.30. The predicted molar refractivity (Wildman–Crippen MR) is 73.9 cm³/mol. The first-order valence-corrected chi connectivity index (χ1v) is 7.64. The zero-order chi connectivity index (χ0) is 13.9. The highest BCUT2D eigenvalue weighted by molar-refractivity contribution is 7.99. The third-order valence-corrected chi connectivity index (χ3v) is 4.52. The summed E-state index contributed by atoms with van der Waals surface area (Å²) < 4.78 is 5.07. The third-order valence-electron chi connectivity index (χ3n) is 3.56. The lowest BCUT2D eigenvalue weighted by molar-refractivity contribution is -0.121. The van der Waals surface area contributed by atoms with E-state index >= 15 is 0 Å². The molecule has 1 heterocycles. The molecule has 0 unspecified atom stereocenters. The number of amides is 1. The average molecular weight is 284 g/mol. The summed E-state index contributed by atoms with van der Waals surface area (Å²) in [6.45, 7) is 4.15. The van der Waals surface area contributed by atoms with Crippen molar-refractivity contribution in [3.8, 4) is 0 Å². The Bertz CT molecular complexity index is 435. The van der Waals surface area contributed by atoms with E-state index in [1.165, 1.54) is 11.8 Å². The largest absolute Gasteiger partial charge is 0.388 e. The molecule has 19 heavy (non-hydrogen) atoms. The Kier molecular flexibility index (Phi) is 4.52. The lowest BCUT2D eigenvalue weighted by Gasteiger charge is -2.36. The van der Waals surface area contributed by atoms with E-state index in [4.69, 9.17) is 4.52 Å². The topological polar surface area (TPSA) is 75.4 Å². The minimum Gasteiger partial charge on any atom is -0.388 e. The van der Waals surface area contributed by atoms with Crippen LogP contribution in [0.4, 0.5) is 0 Å². The molecule has 1 aromatic rings. The van der Waals surface area contributed by atoms with Gasteiger partial charge in [-0.2, -0.15) is 0 Å². The maximum absolute atomic E-state index is 11.6. The zero-order valence-corrected chi connectivity index (χ0v) is 12.2. The standard InChI is InChI=1S/C13H20N2O3S/c1-9-11(10(2)18-15-9)6-19-7-12(16)14-8-13(17)4-3-5-13/h17H,3-8H2,1-2H3,(H,14,16). The van der Waals surface area contributed by atoms with Crippen LogP contribution in [0.15, 0.2) is 4.52 Å². The smallest absolute Gasteiger partial charge is 0.230 e. The normalized spacial score (nSPS) is 17.0. The molecule has 0 aromatic carbocycles. The van der Waals surface area contributed by atoms with Gasteiger partial charge in [0.15, 0.2) is 0 Å². The van der Waals surface area contributed by atoms with Crippen molar-refractivity contribution in [2.75, 3.05) is 12.3 Å². The predicted octanol–water partition coefficient (Wildman–Crippen LogP) is 1.56. The minimum atomic E-state index is -0.651. The van der Waals surface area contributed by atoms with Crippen molar-refractivity contribution in [2.24, 2.45) is 0 Å². The molecule has 0 atom stereocenters. The average Bonchev–Trinajstić information content (AvgIpc) is 2.65. The van der Waals surface area contributed by atoms with Crippen LogP contribution in [0.1, 0.15) is 36.3 Å². The Morgan fingerprint density at radius 2 is 2.26 bits per heavy atom. The highest BCUT2D eigenvalue weighted by Gasteiger charge is 2.34. The molecule has 1 saturated carbocycles. The number of thioether (sulfide) groups is 1. The fraction of sp³-hybridized carbons (Fsp3) is 0.692. The quantitative estimate of drug-likeness (QED) is 0.829. The summed E-state index contributed by atoms with van der Waals surface area (Å²) in [6.07, 6.45) is 2.63. The monoisotopic (exact) mass is 284 g/mol. The number of carbonyl (C=O) groups excluding carboxylic acids is 1. The molecule has 0 radical (unpaired) electrons. The molecule has 0 aliphatic heterocycles. The number of rotatable bonds is 6. The Morgan fingerprint density at radius 3 is 2.79 bits per heavy atom. The molecular formula is C13H20N2O3S. The van der Waals surface area contributed by atoms with Gasteiger partial charge in [0.05, 0.1) is 17.0 Å². The summed E-state index contributed by atoms with van der Waals surface area (Å²) in [5.74, 6) is 1.89. The van der Waals surface area contributed by atoms with Gasteiger partial charge in [0.25, 0.3) is 0 Å². The second kappa shape index (κ2) is 5.96. The van der Waals surface area contributed by atoms with Crippen LogP contribution in [0.3, 0.4) is 0 Å². The molecule has 5 nitrogen and oxygen atoms in total. The van der Waals surface area contributed by atoms with Crippen molar-refractivity contribution < 1.29 is 14.4 Å². The van der Waals surface area contributed by atoms with Gasteiger partial charge in [-0.05, 0) is 33.1 Å². The van der Waals surface area contributed by atoms with Gasteiger partial charge in [-0.1, -0.05) is 5.16 Å². The zero-order valence-electron chi connectivity index (χ0n) is 11.4. The summed E-state index contributed by atoms with van der Waals surface area (Å²) in [7, 11) is 0. The molecule has 0 bridgehead atoms. The van der Waals surface area contributed by atoms with Gasteiger partial charge in [-0.15, -0.1) is 11.8 Å². The number of carbonyl (C=O) groups is 1. The van der Waals surface area contributed by atoms with E-state index in [2.05, 4.69) is 10.5 Å². The maximum atomic E-state index is 11.6. The molecule has 6 heteroatoms. The van der Waals surface area contributed by atoms with Gasteiger partial charge in [0, 0.05) is 17.9 Å². The number of hydrogen-bond donors (Lipinski definition) is 2. The second-order valence-electron chi connectivity index (χ2n) is 5.15. The first kappa shape index (κ1) is 14.4. The van der Waals surface area contributed by atoms with Crippen LogP contribution in [0.2, 0.25) is 0 Å². The van der Waals surface area contributed by atoms with Gasteiger partial charge < -0.3 is 14.9 Å². The van der Waals surface area contributed by atoms with Crippen LogP contribution in [0, 0.1) is 13.8 Å². The highest BCUT2D eigenvalue weighted by atomic mass is 32.2. The van der Waals surface area contributed by atoms with Crippen molar-refractivity contribution in [1.29, 1.82) is 0 Å². The van der Waals surface area contributed by atoms with Crippen molar-refractivity contribution >= 4 is 17.7 Å². The van der Waals surface area contributed by atoms with Gasteiger partial charge in [0.1, 0.15) is 5.76 Å². The van der Waals surface area contributed by atoms with Crippen molar-refractivity contribution in [2.45, 2.75) is 44.5 Å². The molecule has 1 amide bonds. The van der Waals surface area contributed by atoms with Gasteiger partial charge >= 0.3 is 0 Å². The van der Waals surface area contributed by atoms with E-state index in [0.717, 1.165) is 42.0 Å². The Labute approximate surface area is 117 Å². The number of hydrogen-bond acceptors (Lipinski definition) is 5. The first-order chi connectivity index (χ1) is 9.00. The Morgan fingerprint density at radius 1 is 1.53 bits per heavy atom. The van der Waals surface area contributed by atoms with Crippen LogP contribution in [0.25, 0.3) is 0 Å². The molecule has 106 valence electrons. The number of aryl methyl sites for hydroxylation is 2. The summed E-state index contributed by atoms with van der Waals surface area (Å²) >= 11 is 1.53. The maximum Gasteiger partial charge on any atom is 0.230 e. The summed E-state index contributed by atoms with van der Waals surface area (Å²) in [4.78, 5) is 11.6. The van der Waals surface area contributed by atoms with E-state index in [-0.39, 0.29) is 5.91 Å². The van der Waals surface area contributed by atoms with Gasteiger partial charge in [-0.25, -0.2) is 0 Å². The number of aliphatic hydroxyl groups is 1. The summed E-state index contributed by atoms with van der Waals surface area (Å²) in [5.41, 5.74) is 1.30. The van der Waals surface area contributed by atoms with Crippen molar-refractivity contribution in [1.82, 2.24) is 10.5 Å². The van der Waals surface area contributed by atoms with Gasteiger partial charge in [0.2, 0.25) is 5.91 Å². The van der Waals surface area contributed by atoms with E-state index in [0.29, 0.717) is 12.3 Å². The van der Waals surface area contributed by atoms with Crippen LogP contribution < -0.4 is 5.32 Å². The molecule has 1 fully saturated rings. The number of nitrogens with one attached hydrogen (secondary N) is 1. The third kappa shape index (κ3) is 3.73. The molecule has 1 aliphatic carbocycles. The van der Waals surface area contributed by atoms with Crippen molar-refractivity contribution in [3.63, 3.8) is 0 Å². The minimum absolute atomic E-state index is 0.0305. The fourth-order valence-corrected chi connectivity index (χ4v) is 3.04. The number of nitrogens with zero attached hydrogens (tertiary/aromatic N) is 1. The molecule has 2 rings (SSSR count). The SMILES string of the molecule is Cc1noc(C)c1CSCC(=O)NCC1(O)CCC1. The van der Waals surface area contributed by atoms with Crippen LogP contribution in [-0.2, 0) is 10.5 Å². The number of aromatic nitrogens is 1. The molecule has 1 aliphatic rings. The van der Waals surface area contributed by atoms with Crippen molar-refractivity contribution in [3.05, 3.63) is 17.0 Å². The van der Waals surface area contributed by atoms with E-state index in [1.54, 1.807) is 0 Å². The molecule has 0 spiro atoms. The van der Waals surface area contributed by atoms with E-state index in [9.17, 15) is 9.90 Å². The fourth-order valence-electron chi connectivity index (χ4n) is 2.03. The molecular weight excluding hydrogens is 264 g/mol. The van der Waals surface area contributed by atoms with E-state index in [1.807, 2.05) is 13.8 Å². The van der Waals surface area contributed by atoms with Crippen LogP contribution in [-0.4, -0.2) is 34.1 Å². The first-order valence-electron chi connectivity index (χ1n) is 6.49.